The molecule has 1 fully saturated rings. The number of nitrogens with zero attached hydrogens (tertiary/aromatic N) is 1. The van der Waals surface area contributed by atoms with Crippen LogP contribution in [0.2, 0.25) is 0 Å². The maximum absolute atomic E-state index is 13.0. The second kappa shape index (κ2) is 8.08. The molecular formula is C20H22N2O6. The second-order valence-electron chi connectivity index (χ2n) is 6.07. The van der Waals surface area contributed by atoms with E-state index in [1.165, 1.54) is 21.3 Å². The topological polar surface area (TPSA) is 86.3 Å². The Hall–Kier alpha value is -3.42. The smallest absolute Gasteiger partial charge is 0.256 e. The average Bonchev–Trinajstić information content (AvgIpc) is 3.00. The number of imide groups is 1. The fourth-order valence-electron chi connectivity index (χ4n) is 3.07. The summed E-state index contributed by atoms with van der Waals surface area (Å²) in [6, 6.07) is 9.40. The molecule has 1 aliphatic heterocycles. The molecule has 0 aromatic heterocycles. The molecule has 1 atom stereocenters. The predicted octanol–water partition coefficient (Wildman–Crippen LogP) is 2.47. The average molecular weight is 386 g/mol. The molecule has 8 nitrogen and oxygen atoms in total. The van der Waals surface area contributed by atoms with Crippen LogP contribution in [0.4, 0.5) is 11.4 Å². The molecule has 0 radical (unpaired) electrons. The largest absolute Gasteiger partial charge is 0.497 e. The van der Waals surface area contributed by atoms with Gasteiger partial charge in [0.05, 0.1) is 46.2 Å². The van der Waals surface area contributed by atoms with E-state index in [-0.39, 0.29) is 18.2 Å². The number of ether oxygens (including phenoxy) is 4. The third kappa shape index (κ3) is 3.53. The molecule has 2 amide bonds. The number of carbonyl (C=O) groups is 2. The lowest BCUT2D eigenvalue weighted by atomic mass is 10.2. The Morgan fingerprint density at radius 2 is 1.46 bits per heavy atom. The third-order valence-corrected chi connectivity index (χ3v) is 4.51. The number of amides is 2. The van der Waals surface area contributed by atoms with Crippen LogP contribution in [0, 0.1) is 0 Å². The van der Waals surface area contributed by atoms with E-state index in [9.17, 15) is 9.59 Å². The van der Waals surface area contributed by atoms with Gasteiger partial charge in [0.25, 0.3) is 5.91 Å². The van der Waals surface area contributed by atoms with Gasteiger partial charge in [-0.2, -0.15) is 0 Å². The SMILES string of the molecule is COc1ccc(NC2CC(=O)N(c3ccc(OC)cc3OC)C2=O)c(OC)c1. The van der Waals surface area contributed by atoms with E-state index in [4.69, 9.17) is 18.9 Å². The molecule has 3 rings (SSSR count). The highest BCUT2D eigenvalue weighted by atomic mass is 16.5. The van der Waals surface area contributed by atoms with Crippen LogP contribution < -0.4 is 29.2 Å². The molecule has 1 saturated heterocycles. The monoisotopic (exact) mass is 386 g/mol. The van der Waals surface area contributed by atoms with Crippen LogP contribution in [0.1, 0.15) is 6.42 Å². The Labute approximate surface area is 162 Å². The van der Waals surface area contributed by atoms with Crippen LogP contribution >= 0.6 is 0 Å². The fraction of sp³-hybridized carbons (Fsp3) is 0.300. The number of hydrogen-bond acceptors (Lipinski definition) is 7. The van der Waals surface area contributed by atoms with Crippen molar-refractivity contribution < 1.29 is 28.5 Å². The van der Waals surface area contributed by atoms with Crippen molar-refractivity contribution in [3.63, 3.8) is 0 Å². The molecule has 8 heteroatoms. The number of rotatable bonds is 7. The van der Waals surface area contributed by atoms with Crippen LogP contribution in [0.15, 0.2) is 36.4 Å². The Bertz CT molecular complexity index is 898. The number of nitrogens with one attached hydrogen (secondary N) is 1. The van der Waals surface area contributed by atoms with Gasteiger partial charge in [0.15, 0.2) is 0 Å². The lowest BCUT2D eigenvalue weighted by Gasteiger charge is -2.19. The summed E-state index contributed by atoms with van der Waals surface area (Å²) in [6.07, 6.45) is 0.0171. The molecule has 1 aliphatic rings. The first-order valence-electron chi connectivity index (χ1n) is 8.59. The molecule has 1 heterocycles. The van der Waals surface area contributed by atoms with Gasteiger partial charge in [0.2, 0.25) is 5.91 Å². The van der Waals surface area contributed by atoms with Gasteiger partial charge in [0.1, 0.15) is 29.0 Å². The van der Waals surface area contributed by atoms with Crippen molar-refractivity contribution in [2.45, 2.75) is 12.5 Å². The van der Waals surface area contributed by atoms with Crippen LogP contribution in [0.3, 0.4) is 0 Å². The van der Waals surface area contributed by atoms with Crippen molar-refractivity contribution in [3.8, 4) is 23.0 Å². The van der Waals surface area contributed by atoms with Gasteiger partial charge in [-0.25, -0.2) is 4.90 Å². The summed E-state index contributed by atoms with van der Waals surface area (Å²) in [4.78, 5) is 26.7. The van der Waals surface area contributed by atoms with Crippen LogP contribution in [-0.4, -0.2) is 46.3 Å². The molecule has 28 heavy (non-hydrogen) atoms. The molecule has 0 saturated carbocycles. The van der Waals surface area contributed by atoms with Gasteiger partial charge >= 0.3 is 0 Å². The highest BCUT2D eigenvalue weighted by Gasteiger charge is 2.41. The maximum atomic E-state index is 13.0. The van der Waals surface area contributed by atoms with E-state index >= 15 is 0 Å². The van der Waals surface area contributed by atoms with Crippen LogP contribution in [-0.2, 0) is 9.59 Å². The minimum absolute atomic E-state index is 0.0171. The van der Waals surface area contributed by atoms with E-state index in [1.807, 2.05) is 0 Å². The van der Waals surface area contributed by atoms with E-state index in [1.54, 1.807) is 43.5 Å². The number of benzene rings is 2. The summed E-state index contributed by atoms with van der Waals surface area (Å²) in [5.74, 6) is 1.40. The molecule has 0 bridgehead atoms. The minimum atomic E-state index is -0.721. The quantitative estimate of drug-likeness (QED) is 0.732. The number of carbonyl (C=O) groups excluding carboxylic acids is 2. The van der Waals surface area contributed by atoms with Gasteiger partial charge < -0.3 is 24.3 Å². The standard InChI is InChI=1S/C20H22N2O6/c1-25-12-5-7-14(17(9-12)27-3)21-15-11-19(23)22(20(15)24)16-8-6-13(26-2)10-18(16)28-4/h5-10,15,21H,11H2,1-4H3. The van der Waals surface area contributed by atoms with Crippen LogP contribution in [0.25, 0.3) is 0 Å². The minimum Gasteiger partial charge on any atom is -0.497 e. The first-order chi connectivity index (χ1) is 13.5. The van der Waals surface area contributed by atoms with Crippen molar-refractivity contribution in [1.29, 1.82) is 0 Å². The molecular weight excluding hydrogens is 364 g/mol. The first-order valence-corrected chi connectivity index (χ1v) is 8.59. The van der Waals surface area contributed by atoms with E-state index in [0.29, 0.717) is 34.4 Å². The molecule has 2 aromatic carbocycles. The van der Waals surface area contributed by atoms with Gasteiger partial charge in [-0.15, -0.1) is 0 Å². The summed E-state index contributed by atoms with van der Waals surface area (Å²) in [6.45, 7) is 0. The van der Waals surface area contributed by atoms with Crippen molar-refractivity contribution in [3.05, 3.63) is 36.4 Å². The molecule has 1 N–H and O–H groups in total. The highest BCUT2D eigenvalue weighted by Crippen LogP contribution is 2.36. The number of hydrogen-bond donors (Lipinski definition) is 1. The maximum Gasteiger partial charge on any atom is 0.256 e. The van der Waals surface area contributed by atoms with Crippen molar-refractivity contribution in [2.75, 3.05) is 38.7 Å². The summed E-state index contributed by atoms with van der Waals surface area (Å²) >= 11 is 0. The molecule has 2 aromatic rings. The number of anilines is 2. The third-order valence-electron chi connectivity index (χ3n) is 4.51. The highest BCUT2D eigenvalue weighted by molar-refractivity contribution is 6.23. The van der Waals surface area contributed by atoms with Crippen molar-refractivity contribution >= 4 is 23.2 Å². The van der Waals surface area contributed by atoms with Gasteiger partial charge in [-0.1, -0.05) is 0 Å². The van der Waals surface area contributed by atoms with Gasteiger partial charge in [0, 0.05) is 12.1 Å². The summed E-state index contributed by atoms with van der Waals surface area (Å²) in [5, 5.41) is 3.09. The van der Waals surface area contributed by atoms with Gasteiger partial charge in [-0.3, -0.25) is 9.59 Å². The normalized spacial score (nSPS) is 16.1. The molecule has 0 aliphatic carbocycles. The fourth-order valence-corrected chi connectivity index (χ4v) is 3.07. The predicted molar refractivity (Wildman–Crippen MR) is 104 cm³/mol. The zero-order valence-electron chi connectivity index (χ0n) is 16.1. The Morgan fingerprint density at radius 1 is 0.857 bits per heavy atom. The first kappa shape index (κ1) is 19.3. The summed E-state index contributed by atoms with van der Waals surface area (Å²) in [5.41, 5.74) is 0.974. The van der Waals surface area contributed by atoms with Crippen molar-refractivity contribution in [1.82, 2.24) is 0 Å². The zero-order chi connectivity index (χ0) is 20.3. The summed E-state index contributed by atoms with van der Waals surface area (Å²) in [7, 11) is 6.08. The second-order valence-corrected chi connectivity index (χ2v) is 6.07. The lowest BCUT2D eigenvalue weighted by molar-refractivity contribution is -0.121. The van der Waals surface area contributed by atoms with Crippen molar-refractivity contribution in [2.24, 2.45) is 0 Å². The number of methoxy groups -OCH3 is 4. The van der Waals surface area contributed by atoms with E-state index in [2.05, 4.69) is 5.32 Å². The van der Waals surface area contributed by atoms with Crippen LogP contribution in [0.5, 0.6) is 23.0 Å². The zero-order valence-corrected chi connectivity index (χ0v) is 16.1. The molecule has 148 valence electrons. The van der Waals surface area contributed by atoms with E-state index < -0.39 is 6.04 Å². The van der Waals surface area contributed by atoms with E-state index in [0.717, 1.165) is 4.90 Å². The summed E-state index contributed by atoms with van der Waals surface area (Å²) < 4.78 is 21.0. The Morgan fingerprint density at radius 3 is 2.07 bits per heavy atom. The molecule has 0 spiro atoms. The molecule has 1 unspecified atom stereocenters. The lowest BCUT2D eigenvalue weighted by Crippen LogP contribution is -2.35. The Balaban J connectivity index is 1.87. The van der Waals surface area contributed by atoms with Gasteiger partial charge in [-0.05, 0) is 24.3 Å². The Kier molecular flexibility index (Phi) is 5.58.